The topological polar surface area (TPSA) is 72.2 Å². The van der Waals surface area contributed by atoms with E-state index in [2.05, 4.69) is 37.2 Å². The minimum Gasteiger partial charge on any atom is -0.348 e. The zero-order chi connectivity index (χ0) is 14.0. The summed E-state index contributed by atoms with van der Waals surface area (Å²) in [6.45, 7) is 0. The van der Waals surface area contributed by atoms with Gasteiger partial charge in [-0.05, 0) is 18.9 Å². The number of carbonyl (C=O) groups is 1. The van der Waals surface area contributed by atoms with E-state index < -0.39 is 4.92 Å². The Labute approximate surface area is 127 Å². The van der Waals surface area contributed by atoms with Crippen molar-refractivity contribution < 1.29 is 9.72 Å². The SMILES string of the molecule is O=C(NC1CCCC1Br)c1cc(Br)cc([N+](=O)[O-])c1. The number of rotatable bonds is 3. The standard InChI is InChI=1S/C12H12Br2N2O3/c13-8-4-7(5-9(6-8)16(18)19)12(17)15-11-3-1-2-10(11)14/h4-6,10-11H,1-3H2,(H,15,17). The van der Waals surface area contributed by atoms with E-state index in [-0.39, 0.29) is 22.5 Å². The van der Waals surface area contributed by atoms with Crippen LogP contribution in [-0.4, -0.2) is 21.7 Å². The molecule has 0 aliphatic heterocycles. The molecule has 0 aromatic heterocycles. The van der Waals surface area contributed by atoms with E-state index in [0.717, 1.165) is 19.3 Å². The highest BCUT2D eigenvalue weighted by Gasteiger charge is 2.27. The fourth-order valence-electron chi connectivity index (χ4n) is 2.14. The molecule has 0 spiro atoms. The molecule has 2 unspecified atom stereocenters. The van der Waals surface area contributed by atoms with E-state index in [1.807, 2.05) is 0 Å². The lowest BCUT2D eigenvalue weighted by molar-refractivity contribution is -0.385. The lowest BCUT2D eigenvalue weighted by atomic mass is 10.1. The Kier molecular flexibility index (Phi) is 4.57. The summed E-state index contributed by atoms with van der Waals surface area (Å²) in [7, 11) is 0. The average Bonchev–Trinajstić information content (AvgIpc) is 2.74. The second kappa shape index (κ2) is 6.00. The molecule has 1 aliphatic carbocycles. The van der Waals surface area contributed by atoms with Crippen LogP contribution in [0.3, 0.4) is 0 Å². The van der Waals surface area contributed by atoms with Crippen molar-refractivity contribution in [2.24, 2.45) is 0 Å². The first-order valence-electron chi connectivity index (χ1n) is 5.87. The van der Waals surface area contributed by atoms with Crippen LogP contribution >= 0.6 is 31.9 Å². The number of nitrogens with zero attached hydrogens (tertiary/aromatic N) is 1. The van der Waals surface area contributed by atoms with Crippen molar-refractivity contribution in [3.63, 3.8) is 0 Å². The normalized spacial score (nSPS) is 22.2. The van der Waals surface area contributed by atoms with Gasteiger partial charge in [-0.25, -0.2) is 0 Å². The molecule has 19 heavy (non-hydrogen) atoms. The van der Waals surface area contributed by atoms with Gasteiger partial charge in [0.15, 0.2) is 0 Å². The minimum absolute atomic E-state index is 0.0885. The molecule has 102 valence electrons. The van der Waals surface area contributed by atoms with Gasteiger partial charge in [-0.1, -0.05) is 38.3 Å². The van der Waals surface area contributed by atoms with Crippen LogP contribution in [0.15, 0.2) is 22.7 Å². The van der Waals surface area contributed by atoms with Crippen LogP contribution in [0, 0.1) is 10.1 Å². The predicted molar refractivity (Wildman–Crippen MR) is 78.6 cm³/mol. The van der Waals surface area contributed by atoms with Crippen molar-refractivity contribution in [2.75, 3.05) is 0 Å². The molecule has 0 saturated heterocycles. The highest BCUT2D eigenvalue weighted by molar-refractivity contribution is 9.10. The van der Waals surface area contributed by atoms with Gasteiger partial charge in [-0.2, -0.15) is 0 Å². The number of nitro benzene ring substituents is 1. The van der Waals surface area contributed by atoms with Crippen LogP contribution in [0.25, 0.3) is 0 Å². The van der Waals surface area contributed by atoms with Crippen molar-refractivity contribution in [3.05, 3.63) is 38.3 Å². The summed E-state index contributed by atoms with van der Waals surface area (Å²) in [6, 6.07) is 4.34. The van der Waals surface area contributed by atoms with Crippen molar-refractivity contribution in [1.82, 2.24) is 5.32 Å². The number of non-ortho nitro benzene ring substituents is 1. The highest BCUT2D eigenvalue weighted by Crippen LogP contribution is 2.26. The number of amides is 1. The molecule has 0 heterocycles. The molecule has 2 atom stereocenters. The molecule has 1 N–H and O–H groups in total. The molecular formula is C12H12Br2N2O3. The molecule has 0 bridgehead atoms. The third kappa shape index (κ3) is 3.54. The quantitative estimate of drug-likeness (QED) is 0.487. The van der Waals surface area contributed by atoms with Gasteiger partial charge in [-0.3, -0.25) is 14.9 Å². The van der Waals surface area contributed by atoms with Crippen LogP contribution in [0.2, 0.25) is 0 Å². The van der Waals surface area contributed by atoms with Crippen molar-refractivity contribution >= 4 is 43.5 Å². The second-order valence-corrected chi connectivity index (χ2v) is 6.57. The maximum absolute atomic E-state index is 12.1. The van der Waals surface area contributed by atoms with Gasteiger partial charge >= 0.3 is 0 Å². The maximum atomic E-state index is 12.1. The van der Waals surface area contributed by atoms with Crippen LogP contribution < -0.4 is 5.32 Å². The first kappa shape index (κ1) is 14.5. The third-order valence-electron chi connectivity index (χ3n) is 3.10. The van der Waals surface area contributed by atoms with Crippen LogP contribution in [0.1, 0.15) is 29.6 Å². The summed E-state index contributed by atoms with van der Waals surface area (Å²) in [5, 5.41) is 13.7. The highest BCUT2D eigenvalue weighted by atomic mass is 79.9. The summed E-state index contributed by atoms with van der Waals surface area (Å²) < 4.78 is 0.522. The number of hydrogen-bond donors (Lipinski definition) is 1. The van der Waals surface area contributed by atoms with Gasteiger partial charge in [0.25, 0.3) is 11.6 Å². The molecule has 1 fully saturated rings. The zero-order valence-electron chi connectivity index (χ0n) is 9.94. The molecule has 2 rings (SSSR count). The second-order valence-electron chi connectivity index (χ2n) is 4.48. The van der Waals surface area contributed by atoms with Crippen LogP contribution in [0.5, 0.6) is 0 Å². The van der Waals surface area contributed by atoms with E-state index in [0.29, 0.717) is 10.0 Å². The van der Waals surface area contributed by atoms with Crippen molar-refractivity contribution in [1.29, 1.82) is 0 Å². The molecule has 5 nitrogen and oxygen atoms in total. The number of halogens is 2. The summed E-state index contributed by atoms with van der Waals surface area (Å²) in [4.78, 5) is 22.6. The predicted octanol–water partition coefficient (Wildman–Crippen LogP) is 3.40. The Balaban J connectivity index is 2.16. The minimum atomic E-state index is -0.510. The van der Waals surface area contributed by atoms with Gasteiger partial charge < -0.3 is 5.32 Å². The van der Waals surface area contributed by atoms with Crippen LogP contribution in [0.4, 0.5) is 5.69 Å². The Morgan fingerprint density at radius 3 is 2.68 bits per heavy atom. The maximum Gasteiger partial charge on any atom is 0.271 e. The van der Waals surface area contributed by atoms with Crippen LogP contribution in [-0.2, 0) is 0 Å². The summed E-state index contributed by atoms with van der Waals surface area (Å²) >= 11 is 6.71. The van der Waals surface area contributed by atoms with Gasteiger partial charge in [0.1, 0.15) is 0 Å². The van der Waals surface area contributed by atoms with E-state index in [1.54, 1.807) is 6.07 Å². The molecule has 1 saturated carbocycles. The Morgan fingerprint density at radius 2 is 2.11 bits per heavy atom. The number of nitrogens with one attached hydrogen (secondary N) is 1. The Morgan fingerprint density at radius 1 is 1.37 bits per heavy atom. The summed E-state index contributed by atoms with van der Waals surface area (Å²) in [5.41, 5.74) is 0.203. The Hall–Kier alpha value is -0.950. The number of alkyl halides is 1. The first-order chi connectivity index (χ1) is 8.97. The molecule has 7 heteroatoms. The molecule has 1 aromatic carbocycles. The molecule has 1 aliphatic rings. The lowest BCUT2D eigenvalue weighted by Crippen LogP contribution is -2.37. The smallest absolute Gasteiger partial charge is 0.271 e. The van der Waals surface area contributed by atoms with E-state index in [1.165, 1.54) is 12.1 Å². The zero-order valence-corrected chi connectivity index (χ0v) is 13.1. The number of nitro groups is 1. The Bertz CT molecular complexity index is 522. The fourth-order valence-corrected chi connectivity index (χ4v) is 3.34. The summed E-state index contributed by atoms with van der Waals surface area (Å²) in [5.74, 6) is -0.277. The number of hydrogen-bond acceptors (Lipinski definition) is 3. The molecule has 0 radical (unpaired) electrons. The molecule has 1 amide bonds. The monoisotopic (exact) mass is 390 g/mol. The number of benzene rings is 1. The van der Waals surface area contributed by atoms with Gasteiger partial charge in [0, 0.05) is 33.0 Å². The van der Waals surface area contributed by atoms with Gasteiger partial charge in [0.05, 0.1) is 4.92 Å². The summed E-state index contributed by atoms with van der Waals surface area (Å²) in [6.07, 6.45) is 3.03. The first-order valence-corrected chi connectivity index (χ1v) is 7.58. The number of carbonyl (C=O) groups excluding carboxylic acids is 1. The van der Waals surface area contributed by atoms with Crippen molar-refractivity contribution in [3.8, 4) is 0 Å². The van der Waals surface area contributed by atoms with Crippen molar-refractivity contribution in [2.45, 2.75) is 30.1 Å². The third-order valence-corrected chi connectivity index (χ3v) is 4.66. The van der Waals surface area contributed by atoms with E-state index in [9.17, 15) is 14.9 Å². The molecular weight excluding hydrogens is 380 g/mol. The van der Waals surface area contributed by atoms with E-state index >= 15 is 0 Å². The van der Waals surface area contributed by atoms with E-state index in [4.69, 9.17) is 0 Å². The average molecular weight is 392 g/mol. The largest absolute Gasteiger partial charge is 0.348 e. The van der Waals surface area contributed by atoms with Gasteiger partial charge in [-0.15, -0.1) is 0 Å². The lowest BCUT2D eigenvalue weighted by Gasteiger charge is -2.16. The van der Waals surface area contributed by atoms with Gasteiger partial charge in [0.2, 0.25) is 0 Å². The molecule has 1 aromatic rings. The fraction of sp³-hybridized carbons (Fsp3) is 0.417.